The first kappa shape index (κ1) is 18.6. The predicted octanol–water partition coefficient (Wildman–Crippen LogP) is 2.94. The van der Waals surface area contributed by atoms with Gasteiger partial charge in [0.2, 0.25) is 0 Å². The molecule has 136 valence electrons. The number of hydrogen-bond donors (Lipinski definition) is 2. The number of hydrogen-bond acceptors (Lipinski definition) is 5. The van der Waals surface area contributed by atoms with E-state index in [9.17, 15) is 9.59 Å². The molecule has 0 radical (unpaired) electrons. The Bertz CT molecular complexity index is 1030. The van der Waals surface area contributed by atoms with Crippen molar-refractivity contribution in [1.82, 2.24) is 20.2 Å². The lowest BCUT2D eigenvalue weighted by Crippen LogP contribution is -2.22. The molecule has 8 heteroatoms. The number of carbonyl (C=O) groups is 1. The maximum Gasteiger partial charge on any atom is 0.261 e. The van der Waals surface area contributed by atoms with E-state index in [1.54, 1.807) is 13.0 Å². The molecule has 0 aliphatic rings. The van der Waals surface area contributed by atoms with Crippen LogP contribution in [0.4, 0.5) is 0 Å². The summed E-state index contributed by atoms with van der Waals surface area (Å²) in [4.78, 5) is 35.3. The van der Waals surface area contributed by atoms with Crippen molar-refractivity contribution in [3.63, 3.8) is 0 Å². The van der Waals surface area contributed by atoms with E-state index in [-0.39, 0.29) is 11.5 Å². The highest BCUT2D eigenvalue weighted by Crippen LogP contribution is 2.27. The molecule has 26 heavy (non-hydrogen) atoms. The summed E-state index contributed by atoms with van der Waals surface area (Å²) < 4.78 is 0. The van der Waals surface area contributed by atoms with Crippen LogP contribution in [0.15, 0.2) is 29.1 Å². The van der Waals surface area contributed by atoms with E-state index in [1.807, 2.05) is 37.2 Å². The number of thiophene rings is 1. The van der Waals surface area contributed by atoms with E-state index in [4.69, 9.17) is 11.6 Å². The van der Waals surface area contributed by atoms with Crippen molar-refractivity contribution in [2.45, 2.75) is 20.0 Å². The molecule has 1 aromatic carbocycles. The summed E-state index contributed by atoms with van der Waals surface area (Å²) in [5, 5.41) is 3.94. The van der Waals surface area contributed by atoms with Crippen LogP contribution < -0.4 is 10.9 Å². The SMILES string of the molecule is Cc1c(C(=O)NCc2ccccc2Cl)sc2nc(CN(C)C)[nH]c(=O)c12. The van der Waals surface area contributed by atoms with Crippen LogP contribution in [0, 0.1) is 6.92 Å². The molecule has 6 nitrogen and oxygen atoms in total. The van der Waals surface area contributed by atoms with Gasteiger partial charge in [-0.15, -0.1) is 11.3 Å². The Morgan fingerprint density at radius 1 is 1.35 bits per heavy atom. The quantitative estimate of drug-likeness (QED) is 0.702. The van der Waals surface area contributed by atoms with Crippen molar-refractivity contribution in [2.75, 3.05) is 14.1 Å². The van der Waals surface area contributed by atoms with Gasteiger partial charge < -0.3 is 15.2 Å². The maximum atomic E-state index is 12.6. The van der Waals surface area contributed by atoms with Crippen LogP contribution in [0.3, 0.4) is 0 Å². The third-order valence-corrected chi connectivity index (χ3v) is 5.47. The van der Waals surface area contributed by atoms with Gasteiger partial charge in [0.25, 0.3) is 11.5 Å². The van der Waals surface area contributed by atoms with Crippen LogP contribution >= 0.6 is 22.9 Å². The highest BCUT2D eigenvalue weighted by atomic mass is 35.5. The Kier molecular flexibility index (Phi) is 5.41. The monoisotopic (exact) mass is 390 g/mol. The van der Waals surface area contributed by atoms with Crippen LogP contribution in [0.2, 0.25) is 5.02 Å². The average molecular weight is 391 g/mol. The summed E-state index contributed by atoms with van der Waals surface area (Å²) in [7, 11) is 3.80. The summed E-state index contributed by atoms with van der Waals surface area (Å²) >= 11 is 7.35. The number of aryl methyl sites for hydroxylation is 1. The fourth-order valence-corrected chi connectivity index (χ4v) is 4.00. The number of aromatic nitrogens is 2. The number of nitrogens with zero attached hydrogens (tertiary/aromatic N) is 2. The molecule has 0 spiro atoms. The minimum atomic E-state index is -0.237. The van der Waals surface area contributed by atoms with Crippen LogP contribution in [-0.2, 0) is 13.1 Å². The first-order valence-corrected chi connectivity index (χ1v) is 9.25. The second kappa shape index (κ2) is 7.57. The minimum absolute atomic E-state index is 0.217. The summed E-state index contributed by atoms with van der Waals surface area (Å²) in [5.74, 6) is 0.343. The molecule has 0 unspecified atom stereocenters. The fourth-order valence-electron chi connectivity index (χ4n) is 2.68. The van der Waals surface area contributed by atoms with Crippen LogP contribution in [-0.4, -0.2) is 34.9 Å². The van der Waals surface area contributed by atoms with Gasteiger partial charge in [0.15, 0.2) is 0 Å². The van der Waals surface area contributed by atoms with E-state index in [2.05, 4.69) is 15.3 Å². The molecule has 0 atom stereocenters. The molecule has 0 aliphatic heterocycles. The lowest BCUT2D eigenvalue weighted by Gasteiger charge is -2.07. The fraction of sp³-hybridized carbons (Fsp3) is 0.278. The number of H-pyrrole nitrogens is 1. The molecule has 2 heterocycles. The third kappa shape index (κ3) is 3.80. The standard InChI is InChI=1S/C18H19ClN4O2S/c1-10-14-16(24)21-13(9-23(2)3)22-18(14)26-15(10)17(25)20-8-11-6-4-5-7-12(11)19/h4-7H,8-9H2,1-3H3,(H,20,25)(H,21,22,24). The second-order valence-electron chi connectivity index (χ2n) is 6.26. The third-order valence-electron chi connectivity index (χ3n) is 3.92. The molecule has 1 amide bonds. The van der Waals surface area contributed by atoms with Gasteiger partial charge in [0.1, 0.15) is 10.7 Å². The average Bonchev–Trinajstić information content (AvgIpc) is 2.90. The lowest BCUT2D eigenvalue weighted by atomic mass is 10.2. The molecule has 2 N–H and O–H groups in total. The Hall–Kier alpha value is -2.22. The predicted molar refractivity (Wildman–Crippen MR) is 105 cm³/mol. The number of fused-ring (bicyclic) bond motifs is 1. The first-order chi connectivity index (χ1) is 12.4. The zero-order valence-electron chi connectivity index (χ0n) is 14.7. The van der Waals surface area contributed by atoms with Gasteiger partial charge in [-0.1, -0.05) is 29.8 Å². The summed E-state index contributed by atoms with van der Waals surface area (Å²) in [6.45, 7) is 2.61. The minimum Gasteiger partial charge on any atom is -0.347 e. The van der Waals surface area contributed by atoms with Crippen molar-refractivity contribution >= 4 is 39.1 Å². The molecule has 0 saturated heterocycles. The van der Waals surface area contributed by atoms with Gasteiger partial charge in [-0.25, -0.2) is 4.98 Å². The molecule has 0 saturated carbocycles. The molecule has 2 aromatic heterocycles. The van der Waals surface area contributed by atoms with E-state index in [0.29, 0.717) is 44.6 Å². The van der Waals surface area contributed by atoms with Gasteiger partial charge in [-0.3, -0.25) is 9.59 Å². The Morgan fingerprint density at radius 3 is 2.77 bits per heavy atom. The number of nitrogens with one attached hydrogen (secondary N) is 2. The van der Waals surface area contributed by atoms with E-state index < -0.39 is 0 Å². The molecule has 3 rings (SSSR count). The number of amides is 1. The van der Waals surface area contributed by atoms with Gasteiger partial charge in [-0.05, 0) is 38.2 Å². The number of carbonyl (C=O) groups excluding carboxylic acids is 1. The highest BCUT2D eigenvalue weighted by Gasteiger charge is 2.19. The van der Waals surface area contributed by atoms with Gasteiger partial charge in [0, 0.05) is 11.6 Å². The number of benzene rings is 1. The van der Waals surface area contributed by atoms with Crippen molar-refractivity contribution in [2.24, 2.45) is 0 Å². The van der Waals surface area contributed by atoms with Gasteiger partial charge in [-0.2, -0.15) is 0 Å². The van der Waals surface area contributed by atoms with Crippen molar-refractivity contribution < 1.29 is 4.79 Å². The molecule has 0 aliphatic carbocycles. The van der Waals surface area contributed by atoms with Crippen molar-refractivity contribution in [1.29, 1.82) is 0 Å². The molecule has 0 bridgehead atoms. The Balaban J connectivity index is 1.89. The maximum absolute atomic E-state index is 12.6. The topological polar surface area (TPSA) is 78.1 Å². The van der Waals surface area contributed by atoms with Crippen LogP contribution in [0.5, 0.6) is 0 Å². The van der Waals surface area contributed by atoms with Gasteiger partial charge in [0.05, 0.1) is 16.8 Å². The summed E-state index contributed by atoms with van der Waals surface area (Å²) in [6, 6.07) is 7.35. The Labute approximate surface area is 159 Å². The first-order valence-electron chi connectivity index (χ1n) is 8.05. The molecular weight excluding hydrogens is 372 g/mol. The second-order valence-corrected chi connectivity index (χ2v) is 7.67. The summed E-state index contributed by atoms with van der Waals surface area (Å²) in [6.07, 6.45) is 0. The van der Waals surface area contributed by atoms with E-state index >= 15 is 0 Å². The van der Waals surface area contributed by atoms with Crippen LogP contribution in [0.25, 0.3) is 10.2 Å². The number of aromatic amines is 1. The Morgan fingerprint density at radius 2 is 2.08 bits per heavy atom. The molecule has 3 aromatic rings. The van der Waals surface area contributed by atoms with E-state index in [1.165, 1.54) is 11.3 Å². The molecule has 0 fully saturated rings. The smallest absolute Gasteiger partial charge is 0.261 e. The normalized spacial score (nSPS) is 11.3. The van der Waals surface area contributed by atoms with Crippen molar-refractivity contribution in [3.05, 3.63) is 61.5 Å². The van der Waals surface area contributed by atoms with Gasteiger partial charge >= 0.3 is 0 Å². The van der Waals surface area contributed by atoms with Crippen molar-refractivity contribution in [3.8, 4) is 0 Å². The van der Waals surface area contributed by atoms with Crippen LogP contribution in [0.1, 0.15) is 26.6 Å². The number of halogens is 1. The highest BCUT2D eigenvalue weighted by molar-refractivity contribution is 7.20. The molecular formula is C18H19ClN4O2S. The number of rotatable bonds is 5. The summed E-state index contributed by atoms with van der Waals surface area (Å²) in [5.41, 5.74) is 1.27. The lowest BCUT2D eigenvalue weighted by molar-refractivity contribution is 0.0954. The zero-order chi connectivity index (χ0) is 18.8. The zero-order valence-corrected chi connectivity index (χ0v) is 16.3. The van der Waals surface area contributed by atoms with E-state index in [0.717, 1.165) is 5.56 Å². The largest absolute Gasteiger partial charge is 0.347 e.